The molecular weight excluding hydrogens is 403 g/mol. The molecule has 156 valence electrons. The van der Waals surface area contributed by atoms with Crippen molar-refractivity contribution in [2.75, 3.05) is 10.2 Å². The van der Waals surface area contributed by atoms with Crippen LogP contribution in [0.1, 0.15) is 11.1 Å². The van der Waals surface area contributed by atoms with Crippen LogP contribution in [0, 0.1) is 12.7 Å². The van der Waals surface area contributed by atoms with Gasteiger partial charge in [-0.3, -0.25) is 9.59 Å². The van der Waals surface area contributed by atoms with Crippen LogP contribution in [-0.4, -0.2) is 11.8 Å². The number of nitrogens with one attached hydrogen (secondary N) is 1. The molecule has 0 saturated carbocycles. The molecule has 0 fully saturated rings. The fourth-order valence-electron chi connectivity index (χ4n) is 4.02. The lowest BCUT2D eigenvalue weighted by Gasteiger charge is -2.18. The Bertz CT molecular complexity index is 1400. The van der Waals surface area contributed by atoms with Crippen molar-refractivity contribution in [1.82, 2.24) is 0 Å². The van der Waals surface area contributed by atoms with Gasteiger partial charge in [0.25, 0.3) is 11.8 Å². The van der Waals surface area contributed by atoms with Gasteiger partial charge in [-0.05, 0) is 53.8 Å². The fraction of sp³-hybridized carbons (Fsp3) is 0.0370. The molecule has 0 unspecified atom stereocenters. The first-order valence-electron chi connectivity index (χ1n) is 10.2. The van der Waals surface area contributed by atoms with Crippen molar-refractivity contribution in [3.8, 4) is 0 Å². The molecule has 1 aliphatic rings. The van der Waals surface area contributed by atoms with Crippen LogP contribution in [0.15, 0.2) is 96.7 Å². The number of fused-ring (bicyclic) bond motifs is 1. The summed E-state index contributed by atoms with van der Waals surface area (Å²) < 4.78 is 13.6. The van der Waals surface area contributed by atoms with Crippen LogP contribution < -0.4 is 10.2 Å². The Hall–Kier alpha value is -4.25. The highest BCUT2D eigenvalue weighted by atomic mass is 19.1. The molecule has 4 aromatic rings. The third-order valence-electron chi connectivity index (χ3n) is 5.51. The van der Waals surface area contributed by atoms with Crippen molar-refractivity contribution in [2.24, 2.45) is 0 Å². The Labute approximate surface area is 184 Å². The lowest BCUT2D eigenvalue weighted by atomic mass is 10.0. The summed E-state index contributed by atoms with van der Waals surface area (Å²) in [5, 5.41) is 4.87. The maximum atomic E-state index is 13.6. The SMILES string of the molecule is Cc1cccc(NC2=C(c3ccc(F)cc3)C(=O)N(c3cccc4ccccc34)C2=O)c1. The normalized spacial score (nSPS) is 13.9. The summed E-state index contributed by atoms with van der Waals surface area (Å²) in [7, 11) is 0. The van der Waals surface area contributed by atoms with Gasteiger partial charge in [-0.25, -0.2) is 9.29 Å². The lowest BCUT2D eigenvalue weighted by Crippen LogP contribution is -2.32. The summed E-state index contributed by atoms with van der Waals surface area (Å²) >= 11 is 0. The molecule has 5 heteroatoms. The van der Waals surface area contributed by atoms with E-state index in [-0.39, 0.29) is 11.3 Å². The standard InChI is InChI=1S/C27H19FN2O2/c1-17-6-4-9-21(16-17)29-25-24(19-12-14-20(28)15-13-19)26(31)30(27(25)32)23-11-5-8-18-7-2-3-10-22(18)23/h2-16,29H,1H3. The Morgan fingerprint density at radius 1 is 0.781 bits per heavy atom. The van der Waals surface area contributed by atoms with E-state index < -0.39 is 17.6 Å². The minimum Gasteiger partial charge on any atom is -0.350 e. The van der Waals surface area contributed by atoms with Crippen LogP contribution in [0.2, 0.25) is 0 Å². The average Bonchev–Trinajstić information content (AvgIpc) is 3.03. The number of halogens is 1. The number of benzene rings is 4. The van der Waals surface area contributed by atoms with E-state index in [4.69, 9.17) is 0 Å². The number of nitrogens with zero attached hydrogens (tertiary/aromatic N) is 1. The third-order valence-corrected chi connectivity index (χ3v) is 5.51. The fourth-order valence-corrected chi connectivity index (χ4v) is 4.02. The molecule has 0 atom stereocenters. The zero-order valence-electron chi connectivity index (χ0n) is 17.3. The van der Waals surface area contributed by atoms with Gasteiger partial charge in [0, 0.05) is 11.1 Å². The monoisotopic (exact) mass is 422 g/mol. The highest BCUT2D eigenvalue weighted by molar-refractivity contribution is 6.47. The Kier molecular flexibility index (Phi) is 4.79. The van der Waals surface area contributed by atoms with Gasteiger partial charge in [0.15, 0.2) is 0 Å². The largest absolute Gasteiger partial charge is 0.350 e. The molecule has 2 amide bonds. The van der Waals surface area contributed by atoms with E-state index in [1.54, 1.807) is 6.07 Å². The highest BCUT2D eigenvalue weighted by Crippen LogP contribution is 2.37. The number of hydrogen-bond donors (Lipinski definition) is 1. The molecule has 1 N–H and O–H groups in total. The zero-order chi connectivity index (χ0) is 22.2. The van der Waals surface area contributed by atoms with E-state index in [0.29, 0.717) is 16.9 Å². The van der Waals surface area contributed by atoms with Crippen LogP contribution in [0.25, 0.3) is 16.3 Å². The van der Waals surface area contributed by atoms with Gasteiger partial charge in [-0.2, -0.15) is 0 Å². The highest BCUT2D eigenvalue weighted by Gasteiger charge is 2.40. The van der Waals surface area contributed by atoms with Crippen LogP contribution >= 0.6 is 0 Å². The molecule has 1 heterocycles. The molecule has 0 aromatic heterocycles. The van der Waals surface area contributed by atoms with Crippen LogP contribution in [-0.2, 0) is 9.59 Å². The molecule has 4 aromatic carbocycles. The van der Waals surface area contributed by atoms with E-state index in [1.807, 2.05) is 67.6 Å². The molecule has 4 nitrogen and oxygen atoms in total. The van der Waals surface area contributed by atoms with Gasteiger partial charge in [-0.15, -0.1) is 0 Å². The van der Waals surface area contributed by atoms with Crippen molar-refractivity contribution in [3.63, 3.8) is 0 Å². The molecule has 0 saturated heterocycles. The number of aryl methyl sites for hydroxylation is 1. The Balaban J connectivity index is 1.67. The summed E-state index contributed by atoms with van der Waals surface area (Å²) in [5.74, 6) is -1.31. The predicted molar refractivity (Wildman–Crippen MR) is 125 cm³/mol. The average molecular weight is 422 g/mol. The maximum Gasteiger partial charge on any atom is 0.282 e. The number of imide groups is 1. The molecule has 0 radical (unpaired) electrons. The Morgan fingerprint density at radius 2 is 1.50 bits per heavy atom. The summed E-state index contributed by atoms with van der Waals surface area (Å²) in [6.45, 7) is 1.95. The number of carbonyl (C=O) groups excluding carboxylic acids is 2. The van der Waals surface area contributed by atoms with Crippen LogP contribution in [0.5, 0.6) is 0 Å². The molecule has 0 aliphatic carbocycles. The van der Waals surface area contributed by atoms with Gasteiger partial charge in [0.05, 0.1) is 11.3 Å². The minimum atomic E-state index is -0.452. The second-order valence-corrected chi connectivity index (χ2v) is 7.70. The first-order valence-corrected chi connectivity index (χ1v) is 10.2. The summed E-state index contributed by atoms with van der Waals surface area (Å²) in [5.41, 5.74) is 3.08. The third kappa shape index (κ3) is 3.34. The summed E-state index contributed by atoms with van der Waals surface area (Å²) in [4.78, 5) is 28.4. The van der Waals surface area contributed by atoms with E-state index in [0.717, 1.165) is 16.3 Å². The van der Waals surface area contributed by atoms with Gasteiger partial charge in [-0.1, -0.05) is 60.7 Å². The molecule has 5 rings (SSSR count). The lowest BCUT2D eigenvalue weighted by molar-refractivity contribution is -0.120. The summed E-state index contributed by atoms with van der Waals surface area (Å²) in [6, 6.07) is 26.3. The quantitative estimate of drug-likeness (QED) is 0.430. The molecule has 0 bridgehead atoms. The minimum absolute atomic E-state index is 0.167. The van der Waals surface area contributed by atoms with Crippen LogP contribution in [0.3, 0.4) is 0 Å². The summed E-state index contributed by atoms with van der Waals surface area (Å²) in [6.07, 6.45) is 0. The second-order valence-electron chi connectivity index (χ2n) is 7.70. The number of rotatable bonds is 4. The van der Waals surface area contributed by atoms with Crippen molar-refractivity contribution >= 4 is 39.5 Å². The molecule has 1 aliphatic heterocycles. The van der Waals surface area contributed by atoms with Gasteiger partial charge in [0.2, 0.25) is 0 Å². The van der Waals surface area contributed by atoms with Crippen LogP contribution in [0.4, 0.5) is 15.8 Å². The van der Waals surface area contributed by atoms with Gasteiger partial charge >= 0.3 is 0 Å². The number of amides is 2. The van der Waals surface area contributed by atoms with E-state index in [1.165, 1.54) is 29.2 Å². The smallest absolute Gasteiger partial charge is 0.282 e. The van der Waals surface area contributed by atoms with E-state index in [9.17, 15) is 14.0 Å². The molecule has 32 heavy (non-hydrogen) atoms. The zero-order valence-corrected chi connectivity index (χ0v) is 17.3. The number of anilines is 2. The number of carbonyl (C=O) groups is 2. The van der Waals surface area contributed by atoms with Gasteiger partial charge < -0.3 is 5.32 Å². The van der Waals surface area contributed by atoms with Crippen molar-refractivity contribution in [3.05, 3.63) is 114 Å². The predicted octanol–water partition coefficient (Wildman–Crippen LogP) is 5.68. The maximum absolute atomic E-state index is 13.6. The Morgan fingerprint density at radius 3 is 2.28 bits per heavy atom. The first kappa shape index (κ1) is 19.7. The van der Waals surface area contributed by atoms with Crippen molar-refractivity contribution in [1.29, 1.82) is 0 Å². The number of hydrogen-bond acceptors (Lipinski definition) is 3. The van der Waals surface area contributed by atoms with Crippen molar-refractivity contribution in [2.45, 2.75) is 6.92 Å². The molecular formula is C27H19FN2O2. The van der Waals surface area contributed by atoms with E-state index >= 15 is 0 Å². The second kappa shape index (κ2) is 7.78. The van der Waals surface area contributed by atoms with Crippen molar-refractivity contribution < 1.29 is 14.0 Å². The molecule has 0 spiro atoms. The topological polar surface area (TPSA) is 49.4 Å². The van der Waals surface area contributed by atoms with Gasteiger partial charge in [0.1, 0.15) is 11.5 Å². The van der Waals surface area contributed by atoms with E-state index in [2.05, 4.69) is 5.32 Å². The first-order chi connectivity index (χ1) is 15.5.